The Morgan fingerprint density at radius 1 is 1.33 bits per heavy atom. The molecule has 0 bridgehead atoms. The zero-order valence-corrected chi connectivity index (χ0v) is 13.8. The Morgan fingerprint density at radius 3 is 2.95 bits per heavy atom. The van der Waals surface area contributed by atoms with Crippen molar-refractivity contribution in [3.8, 4) is 0 Å². The Kier molecular flexibility index (Phi) is 3.46. The molecule has 1 aliphatic carbocycles. The number of hydrogen-bond acceptors (Lipinski definition) is 5. The molecule has 0 amide bonds. The minimum Gasteiger partial charge on any atom is -0.354 e. The van der Waals surface area contributed by atoms with Gasteiger partial charge in [-0.2, -0.15) is 0 Å². The fourth-order valence-electron chi connectivity index (χ4n) is 3.35. The van der Waals surface area contributed by atoms with E-state index in [0.29, 0.717) is 0 Å². The van der Waals surface area contributed by atoms with Crippen LogP contribution in [0.1, 0.15) is 23.8 Å². The molecule has 0 N–H and O–H groups in total. The Labute approximate surface area is 131 Å². The average Bonchev–Trinajstić information content (AvgIpc) is 2.85. The van der Waals surface area contributed by atoms with Gasteiger partial charge in [-0.3, -0.25) is 4.21 Å². The number of rotatable bonds is 1. The zero-order valence-electron chi connectivity index (χ0n) is 12.2. The first-order chi connectivity index (χ1) is 10.2. The number of hydrogen-bond donors (Lipinski definition) is 0. The first kappa shape index (κ1) is 13.6. The maximum absolute atomic E-state index is 11.6. The summed E-state index contributed by atoms with van der Waals surface area (Å²) in [6.45, 7) is 4.03. The largest absolute Gasteiger partial charge is 0.354 e. The zero-order chi connectivity index (χ0) is 14.4. The van der Waals surface area contributed by atoms with Crippen LogP contribution in [0.3, 0.4) is 0 Å². The molecule has 0 radical (unpaired) electrons. The summed E-state index contributed by atoms with van der Waals surface area (Å²) in [5, 5.41) is 1.28. The van der Waals surface area contributed by atoms with E-state index in [4.69, 9.17) is 0 Å². The number of aryl methyl sites for hydroxylation is 1. The SMILES string of the molecule is CC1CCc2c(sc3ncnc(N4CCS(=O)CC4)c23)C1. The van der Waals surface area contributed by atoms with Crippen LogP contribution >= 0.6 is 11.3 Å². The van der Waals surface area contributed by atoms with Crippen molar-refractivity contribution in [3.63, 3.8) is 0 Å². The Balaban J connectivity index is 1.80. The van der Waals surface area contributed by atoms with Crippen molar-refractivity contribution in [2.45, 2.75) is 26.2 Å². The summed E-state index contributed by atoms with van der Waals surface area (Å²) < 4.78 is 11.6. The second kappa shape index (κ2) is 5.32. The van der Waals surface area contributed by atoms with Crippen molar-refractivity contribution in [1.82, 2.24) is 9.97 Å². The van der Waals surface area contributed by atoms with Crippen LogP contribution in [0.25, 0.3) is 10.2 Å². The van der Waals surface area contributed by atoms with Gasteiger partial charge in [-0.25, -0.2) is 9.97 Å². The lowest BCUT2D eigenvalue weighted by Crippen LogP contribution is -2.38. The van der Waals surface area contributed by atoms with Crippen molar-refractivity contribution in [3.05, 3.63) is 16.8 Å². The van der Waals surface area contributed by atoms with Gasteiger partial charge in [-0.05, 0) is 30.7 Å². The molecule has 21 heavy (non-hydrogen) atoms. The number of anilines is 1. The molecule has 2 aliphatic rings. The minimum atomic E-state index is -0.648. The molecule has 0 saturated carbocycles. The smallest absolute Gasteiger partial charge is 0.141 e. The monoisotopic (exact) mass is 321 g/mol. The quantitative estimate of drug-likeness (QED) is 0.809. The van der Waals surface area contributed by atoms with Crippen LogP contribution in [0, 0.1) is 5.92 Å². The molecule has 1 atom stereocenters. The number of thiophene rings is 1. The van der Waals surface area contributed by atoms with Crippen molar-refractivity contribution in [1.29, 1.82) is 0 Å². The summed E-state index contributed by atoms with van der Waals surface area (Å²) in [6, 6.07) is 0. The van der Waals surface area contributed by atoms with Gasteiger partial charge in [0.15, 0.2) is 0 Å². The van der Waals surface area contributed by atoms with Crippen LogP contribution < -0.4 is 4.90 Å². The minimum absolute atomic E-state index is 0.648. The van der Waals surface area contributed by atoms with Gasteiger partial charge in [0.2, 0.25) is 0 Å². The number of nitrogens with zero attached hydrogens (tertiary/aromatic N) is 3. The van der Waals surface area contributed by atoms with Gasteiger partial charge in [0, 0.05) is 40.3 Å². The maximum atomic E-state index is 11.6. The molecule has 2 aromatic rings. The highest BCUT2D eigenvalue weighted by atomic mass is 32.2. The Bertz CT molecular complexity index is 702. The van der Waals surface area contributed by atoms with Crippen LogP contribution in [0.15, 0.2) is 6.33 Å². The molecular formula is C15H19N3OS2. The summed E-state index contributed by atoms with van der Waals surface area (Å²) >= 11 is 1.84. The van der Waals surface area contributed by atoms with E-state index in [1.54, 1.807) is 6.33 Å². The molecule has 1 saturated heterocycles. The van der Waals surface area contributed by atoms with E-state index in [9.17, 15) is 4.21 Å². The summed E-state index contributed by atoms with van der Waals surface area (Å²) in [5.74, 6) is 3.37. The molecule has 0 aromatic carbocycles. The molecule has 4 rings (SSSR count). The average molecular weight is 321 g/mol. The maximum Gasteiger partial charge on any atom is 0.141 e. The second-order valence-electron chi connectivity index (χ2n) is 6.06. The molecule has 112 valence electrons. The summed E-state index contributed by atoms with van der Waals surface area (Å²) in [7, 11) is -0.648. The van der Waals surface area contributed by atoms with Crippen LogP contribution in [0.2, 0.25) is 0 Å². The molecule has 1 unspecified atom stereocenters. The van der Waals surface area contributed by atoms with Crippen molar-refractivity contribution >= 4 is 38.2 Å². The second-order valence-corrected chi connectivity index (χ2v) is 8.84. The van der Waals surface area contributed by atoms with Gasteiger partial charge in [-0.1, -0.05) is 6.92 Å². The first-order valence-corrected chi connectivity index (χ1v) is 9.88. The number of aromatic nitrogens is 2. The standard InChI is InChI=1S/C15H19N3OS2/c1-10-2-3-11-12(8-10)20-15-13(11)14(16-9-17-15)18-4-6-21(19)7-5-18/h9-10H,2-8H2,1H3. The van der Waals surface area contributed by atoms with Crippen molar-refractivity contribution in [2.75, 3.05) is 29.5 Å². The first-order valence-electron chi connectivity index (χ1n) is 7.57. The predicted octanol–water partition coefficient (Wildman–Crippen LogP) is 2.38. The Hall–Kier alpha value is -1.01. The molecular weight excluding hydrogens is 302 g/mol. The third-order valence-corrected chi connectivity index (χ3v) is 6.99. The van der Waals surface area contributed by atoms with Crippen molar-refractivity contribution in [2.24, 2.45) is 5.92 Å². The van der Waals surface area contributed by atoms with E-state index in [1.165, 1.54) is 28.7 Å². The summed E-state index contributed by atoms with van der Waals surface area (Å²) in [5.41, 5.74) is 1.48. The third-order valence-electron chi connectivity index (χ3n) is 4.55. The van der Waals surface area contributed by atoms with Gasteiger partial charge in [0.1, 0.15) is 17.0 Å². The molecule has 4 nitrogen and oxygen atoms in total. The summed E-state index contributed by atoms with van der Waals surface area (Å²) in [6.07, 6.45) is 5.28. The molecule has 1 fully saturated rings. The fraction of sp³-hybridized carbons (Fsp3) is 0.600. The number of fused-ring (bicyclic) bond motifs is 3. The molecule has 1 aliphatic heterocycles. The lowest BCUT2D eigenvalue weighted by molar-refractivity contribution is 0.509. The van der Waals surface area contributed by atoms with Gasteiger partial charge in [-0.15, -0.1) is 11.3 Å². The van der Waals surface area contributed by atoms with Crippen LogP contribution in [-0.4, -0.2) is 38.8 Å². The molecule has 6 heteroatoms. The van der Waals surface area contributed by atoms with E-state index in [1.807, 2.05) is 11.3 Å². The fourth-order valence-corrected chi connectivity index (χ4v) is 5.75. The predicted molar refractivity (Wildman–Crippen MR) is 88.7 cm³/mol. The Morgan fingerprint density at radius 2 is 2.14 bits per heavy atom. The van der Waals surface area contributed by atoms with Gasteiger partial charge >= 0.3 is 0 Å². The van der Waals surface area contributed by atoms with Gasteiger partial charge in [0.25, 0.3) is 0 Å². The van der Waals surface area contributed by atoms with E-state index in [-0.39, 0.29) is 0 Å². The van der Waals surface area contributed by atoms with E-state index in [2.05, 4.69) is 21.8 Å². The summed E-state index contributed by atoms with van der Waals surface area (Å²) in [4.78, 5) is 14.0. The van der Waals surface area contributed by atoms with Gasteiger partial charge in [0.05, 0.1) is 5.39 Å². The lowest BCUT2D eigenvalue weighted by Gasteiger charge is -2.28. The molecule has 3 heterocycles. The normalized spacial score (nSPS) is 23.5. The van der Waals surface area contributed by atoms with E-state index < -0.39 is 10.8 Å². The van der Waals surface area contributed by atoms with Gasteiger partial charge < -0.3 is 4.90 Å². The van der Waals surface area contributed by atoms with Crippen LogP contribution in [0.4, 0.5) is 5.82 Å². The topological polar surface area (TPSA) is 46.1 Å². The van der Waals surface area contributed by atoms with E-state index in [0.717, 1.165) is 47.6 Å². The highest BCUT2D eigenvalue weighted by molar-refractivity contribution is 7.85. The molecule has 0 spiro atoms. The molecule has 2 aromatic heterocycles. The van der Waals surface area contributed by atoms with Crippen LogP contribution in [0.5, 0.6) is 0 Å². The van der Waals surface area contributed by atoms with Crippen molar-refractivity contribution < 1.29 is 4.21 Å². The highest BCUT2D eigenvalue weighted by Crippen LogP contribution is 2.40. The van der Waals surface area contributed by atoms with E-state index >= 15 is 0 Å². The highest BCUT2D eigenvalue weighted by Gasteiger charge is 2.26. The van der Waals surface area contributed by atoms with Crippen LogP contribution in [-0.2, 0) is 23.6 Å². The third kappa shape index (κ3) is 2.38. The lowest BCUT2D eigenvalue weighted by atomic mass is 9.89.